The number of carbonyl (C=O) groups excluding carboxylic acids is 1. The van der Waals surface area contributed by atoms with Gasteiger partial charge in [0.25, 0.3) is 0 Å². The van der Waals surface area contributed by atoms with Crippen molar-refractivity contribution in [1.82, 2.24) is 20.4 Å². The van der Waals surface area contributed by atoms with E-state index in [1.807, 2.05) is 0 Å². The summed E-state index contributed by atoms with van der Waals surface area (Å²) in [5.41, 5.74) is 0.982. The number of rotatable bonds is 5. The van der Waals surface area contributed by atoms with Gasteiger partial charge in [0.05, 0.1) is 6.04 Å². The van der Waals surface area contributed by atoms with E-state index in [4.69, 9.17) is 0 Å². The van der Waals surface area contributed by atoms with Gasteiger partial charge >= 0.3 is 6.03 Å². The number of amides is 2. The van der Waals surface area contributed by atoms with E-state index in [9.17, 15) is 9.18 Å². The minimum atomic E-state index is -0.245. The van der Waals surface area contributed by atoms with E-state index in [2.05, 4.69) is 34.5 Å². The molecule has 2 fully saturated rings. The second-order valence-electron chi connectivity index (χ2n) is 7.47. The van der Waals surface area contributed by atoms with Gasteiger partial charge in [0.15, 0.2) is 0 Å². The summed E-state index contributed by atoms with van der Waals surface area (Å²) in [7, 11) is 4.22. The van der Waals surface area contributed by atoms with Crippen LogP contribution in [0.5, 0.6) is 0 Å². The van der Waals surface area contributed by atoms with Gasteiger partial charge in [-0.05, 0) is 50.6 Å². The molecule has 5 nitrogen and oxygen atoms in total. The van der Waals surface area contributed by atoms with Gasteiger partial charge in [-0.15, -0.1) is 0 Å². The van der Waals surface area contributed by atoms with E-state index in [-0.39, 0.29) is 17.9 Å². The Labute approximate surface area is 149 Å². The van der Waals surface area contributed by atoms with Crippen molar-refractivity contribution in [3.8, 4) is 0 Å². The minimum absolute atomic E-state index is 0.0406. The zero-order valence-electron chi connectivity index (χ0n) is 15.2. The Morgan fingerprint density at radius 3 is 2.60 bits per heavy atom. The second kappa shape index (κ2) is 8.15. The molecule has 25 heavy (non-hydrogen) atoms. The number of nitrogens with zero attached hydrogens (tertiary/aromatic N) is 2. The predicted octanol–water partition coefficient (Wildman–Crippen LogP) is 2.21. The van der Waals surface area contributed by atoms with E-state index >= 15 is 0 Å². The van der Waals surface area contributed by atoms with Crippen molar-refractivity contribution < 1.29 is 9.18 Å². The van der Waals surface area contributed by atoms with Crippen LogP contribution in [0.2, 0.25) is 0 Å². The molecule has 0 bridgehead atoms. The highest BCUT2D eigenvalue weighted by Gasteiger charge is 2.30. The molecule has 1 heterocycles. The van der Waals surface area contributed by atoms with Gasteiger partial charge < -0.3 is 15.5 Å². The first-order valence-electron chi connectivity index (χ1n) is 9.21. The average Bonchev–Trinajstić information content (AvgIpc) is 2.54. The third-order valence-electron chi connectivity index (χ3n) is 5.62. The summed E-state index contributed by atoms with van der Waals surface area (Å²) in [6, 6.07) is 6.65. The topological polar surface area (TPSA) is 47.6 Å². The third kappa shape index (κ3) is 4.70. The van der Waals surface area contributed by atoms with Crippen LogP contribution in [0.1, 0.15) is 30.9 Å². The summed E-state index contributed by atoms with van der Waals surface area (Å²) < 4.78 is 13.2. The maximum Gasteiger partial charge on any atom is 0.315 e. The Bertz CT molecular complexity index is 575. The average molecular weight is 348 g/mol. The van der Waals surface area contributed by atoms with Gasteiger partial charge in [-0.1, -0.05) is 18.6 Å². The standard InChI is InChI=1S/C19H29FN4O/c1-23-10-11-24(2)17(13-23)12-21-19(25)22-18(14-4-3-5-14)15-6-8-16(20)9-7-15/h6-9,14,17-18H,3-5,10-13H2,1-2H3,(H2,21,22,25). The quantitative estimate of drug-likeness (QED) is 0.858. The van der Waals surface area contributed by atoms with Crippen LogP contribution in [0.25, 0.3) is 0 Å². The number of likely N-dealkylation sites (N-methyl/N-ethyl adjacent to an activating group) is 2. The molecule has 1 saturated heterocycles. The smallest absolute Gasteiger partial charge is 0.315 e. The van der Waals surface area contributed by atoms with Gasteiger partial charge in [-0.25, -0.2) is 9.18 Å². The van der Waals surface area contributed by atoms with Gasteiger partial charge in [-0.2, -0.15) is 0 Å². The SMILES string of the molecule is CN1CCN(C)C(CNC(=O)NC(c2ccc(F)cc2)C2CCC2)C1. The van der Waals surface area contributed by atoms with E-state index in [0.29, 0.717) is 18.5 Å². The molecule has 2 unspecified atom stereocenters. The molecule has 1 aromatic carbocycles. The number of carbonyl (C=O) groups is 1. The van der Waals surface area contributed by atoms with Crippen LogP contribution in [-0.4, -0.2) is 62.1 Å². The molecule has 1 aliphatic carbocycles. The van der Waals surface area contributed by atoms with E-state index in [1.165, 1.54) is 18.6 Å². The molecule has 0 spiro atoms. The van der Waals surface area contributed by atoms with Crippen LogP contribution in [0.4, 0.5) is 9.18 Å². The first kappa shape index (κ1) is 18.1. The molecular weight excluding hydrogens is 319 g/mol. The van der Waals surface area contributed by atoms with Crippen molar-refractivity contribution >= 4 is 6.03 Å². The number of piperazine rings is 1. The van der Waals surface area contributed by atoms with Crippen molar-refractivity contribution in [3.63, 3.8) is 0 Å². The van der Waals surface area contributed by atoms with Crippen LogP contribution in [0.3, 0.4) is 0 Å². The molecule has 0 radical (unpaired) electrons. The van der Waals surface area contributed by atoms with Crippen LogP contribution in [-0.2, 0) is 0 Å². The lowest BCUT2D eigenvalue weighted by atomic mass is 9.77. The van der Waals surface area contributed by atoms with Gasteiger partial charge in [0, 0.05) is 32.2 Å². The number of nitrogens with one attached hydrogen (secondary N) is 2. The van der Waals surface area contributed by atoms with Crippen molar-refractivity contribution in [3.05, 3.63) is 35.6 Å². The maximum atomic E-state index is 13.2. The van der Waals surface area contributed by atoms with Gasteiger partial charge in [0.2, 0.25) is 0 Å². The van der Waals surface area contributed by atoms with Gasteiger partial charge in [0.1, 0.15) is 5.82 Å². The summed E-state index contributed by atoms with van der Waals surface area (Å²) in [5, 5.41) is 6.14. The Morgan fingerprint density at radius 2 is 1.96 bits per heavy atom. The largest absolute Gasteiger partial charge is 0.337 e. The van der Waals surface area contributed by atoms with Crippen molar-refractivity contribution in [2.75, 3.05) is 40.3 Å². The molecule has 1 saturated carbocycles. The first-order chi connectivity index (χ1) is 12.0. The number of hydrogen-bond donors (Lipinski definition) is 2. The number of halogens is 1. The molecule has 2 N–H and O–H groups in total. The molecule has 1 aliphatic heterocycles. The molecule has 0 aromatic heterocycles. The second-order valence-corrected chi connectivity index (χ2v) is 7.47. The summed E-state index contributed by atoms with van der Waals surface area (Å²) >= 11 is 0. The highest BCUT2D eigenvalue weighted by atomic mass is 19.1. The molecule has 3 rings (SSSR count). The van der Waals surface area contributed by atoms with Gasteiger partial charge in [-0.3, -0.25) is 4.90 Å². The fraction of sp³-hybridized carbons (Fsp3) is 0.632. The third-order valence-corrected chi connectivity index (χ3v) is 5.62. The predicted molar refractivity (Wildman–Crippen MR) is 96.9 cm³/mol. The fourth-order valence-corrected chi connectivity index (χ4v) is 3.64. The number of urea groups is 1. The molecule has 1 aromatic rings. The molecule has 138 valence electrons. The molecule has 2 aliphatic rings. The number of hydrogen-bond acceptors (Lipinski definition) is 3. The van der Waals surface area contributed by atoms with Crippen LogP contribution in [0.15, 0.2) is 24.3 Å². The normalized spacial score (nSPS) is 23.7. The van der Waals surface area contributed by atoms with Crippen LogP contribution < -0.4 is 10.6 Å². The molecular formula is C19H29FN4O. The minimum Gasteiger partial charge on any atom is -0.337 e. The summed E-state index contributed by atoms with van der Waals surface area (Å²) in [6.07, 6.45) is 3.42. The Hall–Kier alpha value is -1.66. The lowest BCUT2D eigenvalue weighted by Gasteiger charge is -2.38. The lowest BCUT2D eigenvalue weighted by molar-refractivity contribution is 0.114. The van der Waals surface area contributed by atoms with Crippen molar-refractivity contribution in [2.45, 2.75) is 31.3 Å². The fourth-order valence-electron chi connectivity index (χ4n) is 3.64. The lowest BCUT2D eigenvalue weighted by Crippen LogP contribution is -2.55. The van der Waals surface area contributed by atoms with E-state index < -0.39 is 0 Å². The Morgan fingerprint density at radius 1 is 1.24 bits per heavy atom. The molecule has 2 amide bonds. The van der Waals surface area contributed by atoms with Crippen LogP contribution in [0, 0.1) is 11.7 Å². The molecule has 6 heteroatoms. The first-order valence-corrected chi connectivity index (χ1v) is 9.21. The zero-order valence-corrected chi connectivity index (χ0v) is 15.2. The van der Waals surface area contributed by atoms with Crippen molar-refractivity contribution in [2.24, 2.45) is 5.92 Å². The number of benzene rings is 1. The Balaban J connectivity index is 1.56. The highest BCUT2D eigenvalue weighted by Crippen LogP contribution is 2.37. The monoisotopic (exact) mass is 348 g/mol. The van der Waals surface area contributed by atoms with E-state index in [1.54, 1.807) is 12.1 Å². The summed E-state index contributed by atoms with van der Waals surface area (Å²) in [5.74, 6) is 0.199. The summed E-state index contributed by atoms with van der Waals surface area (Å²) in [4.78, 5) is 17.0. The van der Waals surface area contributed by atoms with Crippen LogP contribution >= 0.6 is 0 Å². The van der Waals surface area contributed by atoms with E-state index in [0.717, 1.165) is 38.0 Å². The molecule has 2 atom stereocenters. The zero-order chi connectivity index (χ0) is 17.8. The highest BCUT2D eigenvalue weighted by molar-refractivity contribution is 5.74. The Kier molecular flexibility index (Phi) is 5.91. The van der Waals surface area contributed by atoms with Crippen molar-refractivity contribution in [1.29, 1.82) is 0 Å². The maximum absolute atomic E-state index is 13.2. The summed E-state index contributed by atoms with van der Waals surface area (Å²) in [6.45, 7) is 3.67.